The van der Waals surface area contributed by atoms with Crippen LogP contribution in [0, 0.1) is 0 Å². The molecule has 0 saturated heterocycles. The number of nitrogens with one attached hydrogen (secondary N) is 2. The summed E-state index contributed by atoms with van der Waals surface area (Å²) < 4.78 is 17.2. The van der Waals surface area contributed by atoms with Gasteiger partial charge < -0.3 is 29.1 Å². The molecule has 4 rings (SSSR count). The van der Waals surface area contributed by atoms with Crippen molar-refractivity contribution in [3.8, 4) is 11.3 Å². The number of furan rings is 1. The maximum Gasteiger partial charge on any atom is 0.319 e. The lowest BCUT2D eigenvalue weighted by molar-refractivity contribution is 0.0786. The van der Waals surface area contributed by atoms with Crippen LogP contribution in [0.5, 0.6) is 0 Å². The molecule has 0 fully saturated rings. The molecule has 32 heavy (non-hydrogen) atoms. The zero-order valence-corrected chi connectivity index (χ0v) is 18.1. The van der Waals surface area contributed by atoms with E-state index in [9.17, 15) is 4.79 Å². The molecule has 2 heterocycles. The molecule has 0 aliphatic heterocycles. The van der Waals surface area contributed by atoms with Crippen molar-refractivity contribution in [1.82, 2.24) is 15.2 Å². The molecule has 0 unspecified atom stereocenters. The lowest BCUT2D eigenvalue weighted by atomic mass is 10.2. The van der Waals surface area contributed by atoms with Gasteiger partial charge >= 0.3 is 6.03 Å². The molecule has 8 nitrogen and oxygen atoms in total. The van der Waals surface area contributed by atoms with Crippen LogP contribution in [-0.2, 0) is 18.0 Å². The van der Waals surface area contributed by atoms with Gasteiger partial charge in [-0.1, -0.05) is 18.2 Å². The normalized spacial score (nSPS) is 11.2. The third-order valence-corrected chi connectivity index (χ3v) is 4.77. The zero-order valence-electron chi connectivity index (χ0n) is 18.1. The number of anilines is 1. The molecule has 8 heteroatoms. The maximum atomic E-state index is 11.9. The van der Waals surface area contributed by atoms with Crippen LogP contribution < -0.4 is 10.6 Å². The van der Waals surface area contributed by atoms with Crippen LogP contribution in [0.3, 0.4) is 0 Å². The van der Waals surface area contributed by atoms with E-state index < -0.39 is 0 Å². The van der Waals surface area contributed by atoms with E-state index in [-0.39, 0.29) is 12.6 Å². The Morgan fingerprint density at radius 1 is 1.06 bits per heavy atom. The highest BCUT2D eigenvalue weighted by Crippen LogP contribution is 2.23. The maximum absolute atomic E-state index is 11.9. The standard InChI is InChI=1S/C24H26N4O4/c1-28(2)12-11-25-24(29)27-19-9-7-17(8-10-19)22-14-26-23(32-22)16-30-15-20-13-18-5-3-4-6-21(18)31-20/h3-10,13-14H,11-12,15-16H2,1-2H3,(H2,25,27,29). The van der Waals surface area contributed by atoms with Gasteiger partial charge in [-0.3, -0.25) is 0 Å². The van der Waals surface area contributed by atoms with Crippen LogP contribution in [0.1, 0.15) is 11.7 Å². The van der Waals surface area contributed by atoms with Crippen LogP contribution in [0.4, 0.5) is 10.5 Å². The predicted molar refractivity (Wildman–Crippen MR) is 122 cm³/mol. The zero-order chi connectivity index (χ0) is 22.3. The summed E-state index contributed by atoms with van der Waals surface area (Å²) in [6.07, 6.45) is 1.66. The van der Waals surface area contributed by atoms with Gasteiger partial charge in [0.15, 0.2) is 5.76 Å². The molecule has 0 atom stereocenters. The minimum atomic E-state index is -0.233. The molecule has 0 saturated carbocycles. The smallest absolute Gasteiger partial charge is 0.319 e. The van der Waals surface area contributed by atoms with Gasteiger partial charge in [-0.15, -0.1) is 0 Å². The first kappa shape index (κ1) is 21.6. The first-order chi connectivity index (χ1) is 15.6. The summed E-state index contributed by atoms with van der Waals surface area (Å²) in [6.45, 7) is 1.94. The lowest BCUT2D eigenvalue weighted by Crippen LogP contribution is -2.34. The number of rotatable bonds is 9. The molecule has 0 bridgehead atoms. The lowest BCUT2D eigenvalue weighted by Gasteiger charge is -2.11. The highest BCUT2D eigenvalue weighted by atomic mass is 16.5. The molecule has 0 radical (unpaired) electrons. The number of hydrogen-bond donors (Lipinski definition) is 2. The van der Waals surface area contributed by atoms with Crippen molar-refractivity contribution in [1.29, 1.82) is 0 Å². The minimum absolute atomic E-state index is 0.233. The summed E-state index contributed by atoms with van der Waals surface area (Å²) in [4.78, 5) is 18.2. The summed E-state index contributed by atoms with van der Waals surface area (Å²) in [5.74, 6) is 1.87. The molecule has 166 valence electrons. The molecule has 0 spiro atoms. The van der Waals surface area contributed by atoms with Crippen LogP contribution in [0.25, 0.3) is 22.3 Å². The van der Waals surface area contributed by atoms with E-state index in [1.54, 1.807) is 6.20 Å². The van der Waals surface area contributed by atoms with Crippen LogP contribution in [0.15, 0.2) is 69.6 Å². The summed E-state index contributed by atoms with van der Waals surface area (Å²) in [5, 5.41) is 6.67. The highest BCUT2D eigenvalue weighted by Gasteiger charge is 2.09. The number of benzene rings is 2. The summed E-state index contributed by atoms with van der Waals surface area (Å²) in [6, 6.07) is 17.0. The first-order valence-corrected chi connectivity index (χ1v) is 10.4. The van der Waals surface area contributed by atoms with Crippen molar-refractivity contribution in [2.24, 2.45) is 0 Å². The fourth-order valence-electron chi connectivity index (χ4n) is 3.14. The topological polar surface area (TPSA) is 92.8 Å². The van der Waals surface area contributed by atoms with E-state index in [0.717, 1.165) is 28.8 Å². The van der Waals surface area contributed by atoms with Crippen molar-refractivity contribution in [2.75, 3.05) is 32.5 Å². The number of aromatic nitrogens is 1. The number of fused-ring (bicyclic) bond motifs is 1. The minimum Gasteiger partial charge on any atom is -0.459 e. The fourth-order valence-corrected chi connectivity index (χ4v) is 3.14. The summed E-state index contributed by atoms with van der Waals surface area (Å²) in [7, 11) is 3.92. The van der Waals surface area contributed by atoms with Gasteiger partial charge in [0.1, 0.15) is 24.6 Å². The Labute approximate surface area is 186 Å². The molecular formula is C24H26N4O4. The van der Waals surface area contributed by atoms with Gasteiger partial charge in [0.2, 0.25) is 5.89 Å². The van der Waals surface area contributed by atoms with Gasteiger partial charge in [-0.25, -0.2) is 9.78 Å². The van der Waals surface area contributed by atoms with E-state index in [1.165, 1.54) is 0 Å². The second-order valence-corrected chi connectivity index (χ2v) is 7.62. The Kier molecular flexibility index (Phi) is 6.84. The summed E-state index contributed by atoms with van der Waals surface area (Å²) in [5.41, 5.74) is 2.40. The van der Waals surface area contributed by atoms with Crippen molar-refractivity contribution >= 4 is 22.7 Å². The van der Waals surface area contributed by atoms with Crippen molar-refractivity contribution < 1.29 is 18.4 Å². The number of hydrogen-bond acceptors (Lipinski definition) is 6. The summed E-state index contributed by atoms with van der Waals surface area (Å²) >= 11 is 0. The highest BCUT2D eigenvalue weighted by molar-refractivity contribution is 5.89. The molecular weight excluding hydrogens is 408 g/mol. The second kappa shape index (κ2) is 10.1. The average Bonchev–Trinajstić information content (AvgIpc) is 3.41. The number of urea groups is 1. The van der Waals surface area contributed by atoms with Crippen molar-refractivity contribution in [3.63, 3.8) is 0 Å². The Bertz CT molecular complexity index is 1130. The number of oxazole rings is 1. The van der Waals surface area contributed by atoms with Crippen molar-refractivity contribution in [2.45, 2.75) is 13.2 Å². The Morgan fingerprint density at radius 3 is 2.66 bits per heavy atom. The molecule has 2 N–H and O–H groups in total. The Balaban J connectivity index is 1.26. The Morgan fingerprint density at radius 2 is 1.88 bits per heavy atom. The monoisotopic (exact) mass is 434 g/mol. The number of ether oxygens (including phenoxy) is 1. The molecule has 2 aromatic heterocycles. The predicted octanol–water partition coefficient (Wildman–Crippen LogP) is 4.49. The van der Waals surface area contributed by atoms with Crippen LogP contribution >= 0.6 is 0 Å². The van der Waals surface area contributed by atoms with E-state index in [1.807, 2.05) is 73.6 Å². The second-order valence-electron chi connectivity index (χ2n) is 7.62. The number of para-hydroxylation sites is 1. The van der Waals surface area contributed by atoms with E-state index in [4.69, 9.17) is 13.6 Å². The fraction of sp³-hybridized carbons (Fsp3) is 0.250. The van der Waals surface area contributed by atoms with E-state index >= 15 is 0 Å². The third-order valence-electron chi connectivity index (χ3n) is 4.77. The van der Waals surface area contributed by atoms with Gasteiger partial charge in [-0.05, 0) is 50.5 Å². The molecule has 2 aromatic carbocycles. The molecule has 4 aromatic rings. The number of amides is 2. The number of nitrogens with zero attached hydrogens (tertiary/aromatic N) is 2. The third kappa shape index (κ3) is 5.75. The first-order valence-electron chi connectivity index (χ1n) is 10.4. The van der Waals surface area contributed by atoms with Gasteiger partial charge in [0, 0.05) is 29.7 Å². The van der Waals surface area contributed by atoms with Gasteiger partial charge in [0.25, 0.3) is 0 Å². The van der Waals surface area contributed by atoms with E-state index in [0.29, 0.717) is 30.5 Å². The molecule has 0 aliphatic carbocycles. The van der Waals surface area contributed by atoms with Crippen molar-refractivity contribution in [3.05, 3.63) is 72.4 Å². The van der Waals surface area contributed by atoms with Crippen LogP contribution in [-0.4, -0.2) is 43.1 Å². The molecule has 0 aliphatic rings. The number of carbonyl (C=O) groups is 1. The SMILES string of the molecule is CN(C)CCNC(=O)Nc1ccc(-c2cnc(COCc3cc4ccccc4o3)o2)cc1. The van der Waals surface area contributed by atoms with E-state index in [2.05, 4.69) is 15.6 Å². The Hall–Kier alpha value is -3.62. The number of likely N-dealkylation sites (N-methyl/N-ethyl adjacent to an activating group) is 1. The van der Waals surface area contributed by atoms with Gasteiger partial charge in [0.05, 0.1) is 6.20 Å². The largest absolute Gasteiger partial charge is 0.459 e. The number of carbonyl (C=O) groups excluding carboxylic acids is 1. The average molecular weight is 434 g/mol. The molecule has 2 amide bonds. The van der Waals surface area contributed by atoms with Gasteiger partial charge in [-0.2, -0.15) is 0 Å². The van der Waals surface area contributed by atoms with Crippen LogP contribution in [0.2, 0.25) is 0 Å². The quantitative estimate of drug-likeness (QED) is 0.403.